The molecule has 2 amide bonds. The van der Waals surface area contributed by atoms with Crippen LogP contribution in [0.25, 0.3) is 0 Å². The SMILES string of the molecule is CCCNC(=O)[C@H](Cc1ccccc1)N(Cc1ccccc1C)C(=O)CN(c1cc(Cl)ccc1OC)S(=O)(=O)c1ccc(C)c([N+](=O)[O-])c1. The van der Waals surface area contributed by atoms with Crippen molar-refractivity contribution in [1.29, 1.82) is 0 Å². The first-order valence-corrected chi connectivity index (χ1v) is 17.5. The number of carbonyl (C=O) groups is 2. The van der Waals surface area contributed by atoms with E-state index < -0.39 is 49.9 Å². The highest BCUT2D eigenvalue weighted by atomic mass is 35.5. The topological polar surface area (TPSA) is 139 Å². The van der Waals surface area contributed by atoms with Crippen LogP contribution >= 0.6 is 11.6 Å². The van der Waals surface area contributed by atoms with Crippen LogP contribution in [0.2, 0.25) is 5.02 Å². The second kappa shape index (κ2) is 16.4. The lowest BCUT2D eigenvalue weighted by molar-refractivity contribution is -0.385. The van der Waals surface area contributed by atoms with E-state index >= 15 is 0 Å². The van der Waals surface area contributed by atoms with Gasteiger partial charge in [-0.2, -0.15) is 0 Å². The highest BCUT2D eigenvalue weighted by Gasteiger charge is 2.36. The first-order valence-electron chi connectivity index (χ1n) is 15.6. The van der Waals surface area contributed by atoms with Gasteiger partial charge >= 0.3 is 0 Å². The number of aryl methyl sites for hydroxylation is 2. The number of benzene rings is 4. The van der Waals surface area contributed by atoms with Crippen LogP contribution in [0.4, 0.5) is 11.4 Å². The molecular weight excluding hydrogens is 668 g/mol. The van der Waals surface area contributed by atoms with Crippen molar-refractivity contribution < 1.29 is 27.7 Å². The summed E-state index contributed by atoms with van der Waals surface area (Å²) < 4.78 is 35.2. The summed E-state index contributed by atoms with van der Waals surface area (Å²) in [6.45, 7) is 4.90. The molecule has 4 rings (SSSR count). The highest BCUT2D eigenvalue weighted by Crippen LogP contribution is 2.36. The number of amides is 2. The van der Waals surface area contributed by atoms with Gasteiger partial charge in [-0.3, -0.25) is 24.0 Å². The Morgan fingerprint density at radius 2 is 1.65 bits per heavy atom. The molecule has 0 spiro atoms. The molecule has 4 aromatic carbocycles. The molecule has 0 radical (unpaired) electrons. The molecule has 0 saturated carbocycles. The minimum Gasteiger partial charge on any atom is -0.495 e. The highest BCUT2D eigenvalue weighted by molar-refractivity contribution is 7.92. The Kier molecular flexibility index (Phi) is 12.4. The smallest absolute Gasteiger partial charge is 0.273 e. The molecule has 4 aromatic rings. The zero-order valence-electron chi connectivity index (χ0n) is 27.8. The van der Waals surface area contributed by atoms with Crippen LogP contribution in [0.15, 0.2) is 95.9 Å². The first kappa shape index (κ1) is 36.9. The van der Waals surface area contributed by atoms with E-state index in [2.05, 4.69) is 5.32 Å². The van der Waals surface area contributed by atoms with E-state index in [9.17, 15) is 28.1 Å². The van der Waals surface area contributed by atoms with Crippen molar-refractivity contribution in [2.75, 3.05) is 24.5 Å². The van der Waals surface area contributed by atoms with Crippen molar-refractivity contribution in [3.05, 3.63) is 128 Å². The lowest BCUT2D eigenvalue weighted by Crippen LogP contribution is -2.53. The number of carbonyl (C=O) groups excluding carboxylic acids is 2. The van der Waals surface area contributed by atoms with Gasteiger partial charge in [-0.25, -0.2) is 8.42 Å². The summed E-state index contributed by atoms with van der Waals surface area (Å²) in [5, 5.41) is 14.9. The Balaban J connectivity index is 1.89. The summed E-state index contributed by atoms with van der Waals surface area (Å²) in [6, 6.07) is 23.5. The second-order valence-corrected chi connectivity index (χ2v) is 13.8. The fourth-order valence-corrected chi connectivity index (χ4v) is 6.94. The first-order chi connectivity index (χ1) is 23.4. The monoisotopic (exact) mass is 706 g/mol. The predicted molar refractivity (Wildman–Crippen MR) is 189 cm³/mol. The van der Waals surface area contributed by atoms with Crippen molar-refractivity contribution in [2.24, 2.45) is 0 Å². The largest absolute Gasteiger partial charge is 0.495 e. The quantitative estimate of drug-likeness (QED) is 0.114. The number of nitro groups is 1. The molecule has 13 heteroatoms. The Hall–Kier alpha value is -4.94. The number of hydrogen-bond acceptors (Lipinski definition) is 7. The van der Waals surface area contributed by atoms with Gasteiger partial charge < -0.3 is 15.0 Å². The molecule has 0 aliphatic rings. The average Bonchev–Trinajstić information content (AvgIpc) is 3.08. The van der Waals surface area contributed by atoms with Gasteiger partial charge in [0.1, 0.15) is 18.3 Å². The fourth-order valence-electron chi connectivity index (χ4n) is 5.34. The summed E-state index contributed by atoms with van der Waals surface area (Å²) in [7, 11) is -3.32. The molecule has 1 N–H and O–H groups in total. The Morgan fingerprint density at radius 3 is 2.31 bits per heavy atom. The van der Waals surface area contributed by atoms with Gasteiger partial charge in [-0.15, -0.1) is 0 Å². The molecule has 0 unspecified atom stereocenters. The van der Waals surface area contributed by atoms with E-state index in [4.69, 9.17) is 16.3 Å². The third-order valence-electron chi connectivity index (χ3n) is 8.08. The Labute approximate surface area is 291 Å². The zero-order chi connectivity index (χ0) is 35.7. The number of hydrogen-bond donors (Lipinski definition) is 1. The maximum absolute atomic E-state index is 14.7. The second-order valence-electron chi connectivity index (χ2n) is 11.5. The van der Waals surface area contributed by atoms with Crippen LogP contribution in [-0.2, 0) is 32.6 Å². The fraction of sp³-hybridized carbons (Fsp3) is 0.278. The van der Waals surface area contributed by atoms with Crippen molar-refractivity contribution in [3.63, 3.8) is 0 Å². The van der Waals surface area contributed by atoms with Gasteiger partial charge in [-0.05, 0) is 61.2 Å². The molecular formula is C36H39ClN4O7S. The molecule has 11 nitrogen and oxygen atoms in total. The molecule has 0 heterocycles. The van der Waals surface area contributed by atoms with Crippen LogP contribution in [0.5, 0.6) is 5.75 Å². The van der Waals surface area contributed by atoms with Crippen molar-refractivity contribution in [2.45, 2.75) is 51.1 Å². The number of nitro benzene ring substituents is 1. The number of ether oxygens (including phenoxy) is 1. The lowest BCUT2D eigenvalue weighted by atomic mass is 10.0. The van der Waals surface area contributed by atoms with E-state index in [1.807, 2.05) is 68.4 Å². The normalized spacial score (nSPS) is 11.8. The van der Waals surface area contributed by atoms with Crippen LogP contribution in [0.3, 0.4) is 0 Å². The van der Waals surface area contributed by atoms with Crippen molar-refractivity contribution in [3.8, 4) is 5.75 Å². The minimum atomic E-state index is -4.66. The van der Waals surface area contributed by atoms with E-state index in [0.717, 1.165) is 27.1 Å². The number of nitrogens with one attached hydrogen (secondary N) is 1. The zero-order valence-corrected chi connectivity index (χ0v) is 29.3. The maximum atomic E-state index is 14.7. The van der Waals surface area contributed by atoms with Gasteiger partial charge in [0.15, 0.2) is 0 Å². The maximum Gasteiger partial charge on any atom is 0.273 e. The molecule has 0 aliphatic heterocycles. The summed E-state index contributed by atoms with van der Waals surface area (Å²) in [4.78, 5) is 40.6. The van der Waals surface area contributed by atoms with E-state index in [-0.39, 0.29) is 35.0 Å². The Morgan fingerprint density at radius 1 is 0.959 bits per heavy atom. The molecule has 0 fully saturated rings. The van der Waals surface area contributed by atoms with E-state index in [1.165, 1.54) is 49.3 Å². The summed E-state index contributed by atoms with van der Waals surface area (Å²) in [6.07, 6.45) is 0.824. The number of rotatable bonds is 15. The lowest BCUT2D eigenvalue weighted by Gasteiger charge is -2.34. The number of anilines is 1. The van der Waals surface area contributed by atoms with Crippen LogP contribution < -0.4 is 14.4 Å². The molecule has 0 saturated heterocycles. The third kappa shape index (κ3) is 8.95. The molecule has 0 aliphatic carbocycles. The molecule has 49 heavy (non-hydrogen) atoms. The Bertz CT molecular complexity index is 1920. The molecule has 0 bridgehead atoms. The van der Waals surface area contributed by atoms with Gasteiger partial charge in [0.05, 0.1) is 22.6 Å². The van der Waals surface area contributed by atoms with Crippen molar-refractivity contribution >= 4 is 44.8 Å². The van der Waals surface area contributed by atoms with Crippen LogP contribution in [-0.4, -0.2) is 56.3 Å². The molecule has 1 atom stereocenters. The van der Waals surface area contributed by atoms with E-state index in [1.54, 1.807) is 0 Å². The summed E-state index contributed by atoms with van der Waals surface area (Å²) in [5.41, 5.74) is 2.24. The molecule has 258 valence electrons. The standard InChI is InChI=1S/C36H39ClN4O7S/c1-5-19-38-36(43)33(20-27-12-7-6-8-13-27)39(23-28-14-10-9-11-25(28)2)35(42)24-40(32-21-29(37)16-18-34(32)48-4)49(46,47)30-17-15-26(3)31(22-30)41(44)45/h6-18,21-22,33H,5,19-20,23-24H2,1-4H3,(H,38,43)/t33-/m0/s1. The summed E-state index contributed by atoms with van der Waals surface area (Å²) >= 11 is 6.34. The average molecular weight is 707 g/mol. The van der Waals surface area contributed by atoms with Gasteiger partial charge in [0.2, 0.25) is 11.8 Å². The van der Waals surface area contributed by atoms with Crippen LogP contribution in [0.1, 0.15) is 35.6 Å². The third-order valence-corrected chi connectivity index (χ3v) is 10.1. The molecule has 0 aromatic heterocycles. The van der Waals surface area contributed by atoms with Gasteiger partial charge in [0.25, 0.3) is 15.7 Å². The summed E-state index contributed by atoms with van der Waals surface area (Å²) in [5.74, 6) is -0.992. The number of sulfonamides is 1. The predicted octanol–water partition coefficient (Wildman–Crippen LogP) is 6.24. The van der Waals surface area contributed by atoms with Gasteiger partial charge in [0, 0.05) is 36.2 Å². The number of methoxy groups -OCH3 is 1. The number of halogens is 1. The van der Waals surface area contributed by atoms with E-state index in [0.29, 0.717) is 13.0 Å². The van der Waals surface area contributed by atoms with Crippen molar-refractivity contribution in [1.82, 2.24) is 10.2 Å². The van der Waals surface area contributed by atoms with Gasteiger partial charge in [-0.1, -0.05) is 79.2 Å². The van der Waals surface area contributed by atoms with Crippen LogP contribution in [0, 0.1) is 24.0 Å². The number of nitrogens with zero attached hydrogens (tertiary/aromatic N) is 3. The minimum absolute atomic E-state index is 0.000869.